The van der Waals surface area contributed by atoms with Crippen molar-refractivity contribution in [2.45, 2.75) is 25.1 Å². The summed E-state index contributed by atoms with van der Waals surface area (Å²) in [6.07, 6.45) is 0.518. The summed E-state index contributed by atoms with van der Waals surface area (Å²) < 4.78 is 0. The van der Waals surface area contributed by atoms with Crippen LogP contribution < -0.4 is 5.32 Å². The van der Waals surface area contributed by atoms with E-state index in [0.29, 0.717) is 13.0 Å². The Labute approximate surface area is 214 Å². The number of benzene rings is 4. The second-order valence-corrected chi connectivity index (χ2v) is 10.3. The number of nitrogens with one attached hydrogen (secondary N) is 1. The van der Waals surface area contributed by atoms with Gasteiger partial charge in [-0.1, -0.05) is 84.6 Å². The summed E-state index contributed by atoms with van der Waals surface area (Å²) in [5, 5.41) is 3.91. The van der Waals surface area contributed by atoms with Crippen LogP contribution in [0.2, 0.25) is 0 Å². The quantitative estimate of drug-likeness (QED) is 0.358. The number of hydrogen-bond donors (Lipinski definition) is 1. The van der Waals surface area contributed by atoms with Crippen molar-refractivity contribution in [2.24, 2.45) is 0 Å². The maximum atomic E-state index is 13.3. The van der Waals surface area contributed by atoms with Crippen molar-refractivity contribution < 1.29 is 14.4 Å². The fourth-order valence-electron chi connectivity index (χ4n) is 4.63. The van der Waals surface area contributed by atoms with Gasteiger partial charge in [0, 0.05) is 19.2 Å². The highest BCUT2D eigenvalue weighted by Gasteiger charge is 2.31. The first-order chi connectivity index (χ1) is 17.4. The SMILES string of the molecule is Cc1c(C(=O)N(C)Cc2cccc(-c3ccc(CC4SC(=O)NC4=O)cc3)c2)ccc2ccccc12. The number of imide groups is 1. The minimum atomic E-state index is -0.369. The average Bonchev–Trinajstić information content (AvgIpc) is 3.20. The molecule has 1 unspecified atom stereocenters. The van der Waals surface area contributed by atoms with Crippen LogP contribution in [0.5, 0.6) is 0 Å². The van der Waals surface area contributed by atoms with Crippen molar-refractivity contribution in [3.8, 4) is 11.1 Å². The zero-order chi connectivity index (χ0) is 25.2. The molecule has 6 heteroatoms. The third kappa shape index (κ3) is 4.90. The summed E-state index contributed by atoms with van der Waals surface area (Å²) in [5.74, 6) is -0.223. The minimum Gasteiger partial charge on any atom is -0.337 e. The van der Waals surface area contributed by atoms with E-state index in [1.807, 2.05) is 80.7 Å². The molecular weight excluding hydrogens is 468 g/mol. The van der Waals surface area contributed by atoms with Crippen molar-refractivity contribution in [3.05, 3.63) is 107 Å². The van der Waals surface area contributed by atoms with Gasteiger partial charge in [-0.05, 0) is 64.1 Å². The van der Waals surface area contributed by atoms with E-state index in [1.54, 1.807) is 4.90 Å². The van der Waals surface area contributed by atoms with Crippen LogP contribution in [0, 0.1) is 6.92 Å². The van der Waals surface area contributed by atoms with Gasteiger partial charge in [0.05, 0.1) is 5.25 Å². The number of nitrogens with zero attached hydrogens (tertiary/aromatic N) is 1. The lowest BCUT2D eigenvalue weighted by Gasteiger charge is -2.20. The molecule has 1 N–H and O–H groups in total. The molecule has 5 nitrogen and oxygen atoms in total. The van der Waals surface area contributed by atoms with Crippen LogP contribution >= 0.6 is 11.8 Å². The highest BCUT2D eigenvalue weighted by Crippen LogP contribution is 2.27. The molecule has 0 spiro atoms. The molecule has 0 radical (unpaired) electrons. The Kier molecular flexibility index (Phi) is 6.61. The summed E-state index contributed by atoms with van der Waals surface area (Å²) in [6, 6.07) is 28.3. The normalized spacial score (nSPS) is 15.2. The van der Waals surface area contributed by atoms with Gasteiger partial charge in [-0.2, -0.15) is 0 Å². The van der Waals surface area contributed by atoms with E-state index >= 15 is 0 Å². The number of thioether (sulfide) groups is 1. The van der Waals surface area contributed by atoms with Crippen LogP contribution in [0.25, 0.3) is 21.9 Å². The van der Waals surface area contributed by atoms with Gasteiger partial charge in [-0.3, -0.25) is 19.7 Å². The van der Waals surface area contributed by atoms with Crippen molar-refractivity contribution >= 4 is 39.6 Å². The fourth-order valence-corrected chi connectivity index (χ4v) is 5.49. The summed E-state index contributed by atoms with van der Waals surface area (Å²) in [4.78, 5) is 38.3. The second kappa shape index (κ2) is 9.99. The second-order valence-electron chi connectivity index (χ2n) is 9.11. The minimum absolute atomic E-state index is 0.000287. The first-order valence-electron chi connectivity index (χ1n) is 11.8. The van der Waals surface area contributed by atoms with E-state index in [2.05, 4.69) is 23.5 Å². The summed E-state index contributed by atoms with van der Waals surface area (Å²) in [7, 11) is 1.83. The summed E-state index contributed by atoms with van der Waals surface area (Å²) in [5.41, 5.74) is 5.89. The van der Waals surface area contributed by atoms with Gasteiger partial charge in [-0.25, -0.2) is 0 Å². The molecule has 5 rings (SSSR count). The molecule has 4 aromatic rings. The van der Waals surface area contributed by atoms with E-state index in [-0.39, 0.29) is 22.3 Å². The maximum absolute atomic E-state index is 13.3. The van der Waals surface area contributed by atoms with Gasteiger partial charge in [0.25, 0.3) is 11.1 Å². The molecule has 4 aromatic carbocycles. The van der Waals surface area contributed by atoms with Gasteiger partial charge in [-0.15, -0.1) is 0 Å². The molecule has 0 saturated carbocycles. The Balaban J connectivity index is 1.29. The van der Waals surface area contributed by atoms with Gasteiger partial charge < -0.3 is 4.90 Å². The van der Waals surface area contributed by atoms with Crippen LogP contribution in [0.15, 0.2) is 84.9 Å². The summed E-state index contributed by atoms with van der Waals surface area (Å²) in [6.45, 7) is 2.50. The van der Waals surface area contributed by atoms with E-state index in [9.17, 15) is 14.4 Å². The lowest BCUT2D eigenvalue weighted by Crippen LogP contribution is -2.26. The van der Waals surface area contributed by atoms with Gasteiger partial charge in [0.1, 0.15) is 0 Å². The first-order valence-corrected chi connectivity index (χ1v) is 12.7. The molecule has 0 aromatic heterocycles. The van der Waals surface area contributed by atoms with Gasteiger partial charge >= 0.3 is 0 Å². The highest BCUT2D eigenvalue weighted by molar-refractivity contribution is 8.15. The zero-order valence-corrected chi connectivity index (χ0v) is 21.0. The number of amides is 3. The molecule has 1 saturated heterocycles. The Morgan fingerprint density at radius 2 is 1.67 bits per heavy atom. The maximum Gasteiger partial charge on any atom is 0.286 e. The van der Waals surface area contributed by atoms with Crippen molar-refractivity contribution in [1.82, 2.24) is 10.2 Å². The smallest absolute Gasteiger partial charge is 0.286 e. The molecule has 0 bridgehead atoms. The van der Waals surface area contributed by atoms with Crippen LogP contribution in [0.4, 0.5) is 4.79 Å². The van der Waals surface area contributed by atoms with Crippen molar-refractivity contribution in [1.29, 1.82) is 0 Å². The third-order valence-electron chi connectivity index (χ3n) is 6.60. The predicted molar refractivity (Wildman–Crippen MR) is 145 cm³/mol. The highest BCUT2D eigenvalue weighted by atomic mass is 32.2. The molecule has 1 fully saturated rings. The molecule has 1 aliphatic rings. The van der Waals surface area contributed by atoms with Crippen LogP contribution in [-0.4, -0.2) is 34.3 Å². The van der Waals surface area contributed by atoms with Crippen molar-refractivity contribution in [3.63, 3.8) is 0 Å². The number of aryl methyl sites for hydroxylation is 1. The van der Waals surface area contributed by atoms with E-state index in [4.69, 9.17) is 0 Å². The van der Waals surface area contributed by atoms with Crippen LogP contribution in [0.1, 0.15) is 27.0 Å². The number of hydrogen-bond acceptors (Lipinski definition) is 4. The lowest BCUT2D eigenvalue weighted by molar-refractivity contribution is -0.118. The van der Waals surface area contributed by atoms with Gasteiger partial charge in [0.2, 0.25) is 5.91 Å². The monoisotopic (exact) mass is 494 g/mol. The fraction of sp³-hybridized carbons (Fsp3) is 0.167. The topological polar surface area (TPSA) is 66.5 Å². The van der Waals surface area contributed by atoms with Crippen LogP contribution in [0.3, 0.4) is 0 Å². The molecule has 1 heterocycles. The molecule has 3 amide bonds. The molecule has 180 valence electrons. The number of rotatable bonds is 6. The predicted octanol–water partition coefficient (Wildman–Crippen LogP) is 5.98. The number of carbonyl (C=O) groups is 3. The first kappa shape index (κ1) is 23.8. The van der Waals surface area contributed by atoms with E-state index in [0.717, 1.165) is 55.9 Å². The molecule has 36 heavy (non-hydrogen) atoms. The van der Waals surface area contributed by atoms with E-state index < -0.39 is 0 Å². The average molecular weight is 495 g/mol. The molecular formula is C30H26N2O3S. The Morgan fingerprint density at radius 1 is 0.889 bits per heavy atom. The Hall–Kier alpha value is -3.90. The number of carbonyl (C=O) groups excluding carboxylic acids is 3. The van der Waals surface area contributed by atoms with Crippen LogP contribution in [-0.2, 0) is 17.8 Å². The number of fused-ring (bicyclic) bond motifs is 1. The molecule has 1 aliphatic heterocycles. The Morgan fingerprint density at radius 3 is 2.42 bits per heavy atom. The lowest BCUT2D eigenvalue weighted by atomic mass is 9.98. The third-order valence-corrected chi connectivity index (χ3v) is 7.58. The molecule has 0 aliphatic carbocycles. The molecule has 1 atom stereocenters. The van der Waals surface area contributed by atoms with Gasteiger partial charge in [0.15, 0.2) is 0 Å². The van der Waals surface area contributed by atoms with Crippen molar-refractivity contribution in [2.75, 3.05) is 7.05 Å². The largest absolute Gasteiger partial charge is 0.337 e. The Bertz CT molecular complexity index is 1480. The standard InChI is InChI=1S/C30H26N2O3S/c1-19-25-9-4-3-7-23(25)14-15-26(19)29(34)32(2)18-21-6-5-8-24(16-21)22-12-10-20(11-13-22)17-27-28(33)31-30(35)36-27/h3-16,27H,17-18H2,1-2H3,(H,31,33,35). The summed E-state index contributed by atoms with van der Waals surface area (Å²) >= 11 is 1.05. The van der Waals surface area contributed by atoms with E-state index in [1.165, 1.54) is 0 Å². The zero-order valence-electron chi connectivity index (χ0n) is 20.2.